The highest BCUT2D eigenvalue weighted by atomic mass is 32.1. The second kappa shape index (κ2) is 7.85. The quantitative estimate of drug-likeness (QED) is 0.492. The molecule has 136 valence electrons. The van der Waals surface area contributed by atoms with Gasteiger partial charge in [-0.3, -0.25) is 0 Å². The number of nitrogens with zero attached hydrogens (tertiary/aromatic N) is 2. The standard InChI is InChI=1S/C15H19N3O6S/c1-14(2,3)24-11(19)15(9-16,10-7-6-8-25-10)18(13(21)23-5)17-12(20)22-4/h6-8H,1-5H3,(H,17,20)/t15-/m0/s1. The first-order valence-corrected chi connectivity index (χ1v) is 7.91. The minimum atomic E-state index is -2.29. The summed E-state index contributed by atoms with van der Waals surface area (Å²) in [5.74, 6) is -1.05. The average molecular weight is 369 g/mol. The number of hydrogen-bond acceptors (Lipinski definition) is 8. The van der Waals surface area contributed by atoms with E-state index in [0.29, 0.717) is 5.01 Å². The van der Waals surface area contributed by atoms with Crippen LogP contribution in [0.1, 0.15) is 25.6 Å². The first-order valence-electron chi connectivity index (χ1n) is 7.03. The summed E-state index contributed by atoms with van der Waals surface area (Å²) in [6.07, 6.45) is -2.21. The smallest absolute Gasteiger partial charge is 0.430 e. The van der Waals surface area contributed by atoms with Crippen LogP contribution in [-0.4, -0.2) is 43.0 Å². The van der Waals surface area contributed by atoms with E-state index < -0.39 is 29.3 Å². The van der Waals surface area contributed by atoms with Crippen LogP contribution >= 0.6 is 11.3 Å². The molecule has 0 aromatic carbocycles. The zero-order chi connectivity index (χ0) is 19.3. The SMILES string of the molecule is COC(=O)NN(C(=O)OC)[C@](C#N)(C(=O)OC(C)(C)C)c1cccs1. The zero-order valence-electron chi connectivity index (χ0n) is 14.5. The Morgan fingerprint density at radius 3 is 2.28 bits per heavy atom. The lowest BCUT2D eigenvalue weighted by molar-refractivity contribution is -0.167. The number of hydrazine groups is 1. The van der Waals surface area contributed by atoms with Gasteiger partial charge in [0.15, 0.2) is 0 Å². The molecule has 0 spiro atoms. The second-order valence-electron chi connectivity index (χ2n) is 5.71. The van der Waals surface area contributed by atoms with Crippen molar-refractivity contribution >= 4 is 29.5 Å². The number of thiophene rings is 1. The highest BCUT2D eigenvalue weighted by Gasteiger charge is 2.54. The van der Waals surface area contributed by atoms with E-state index in [1.807, 2.05) is 5.43 Å². The fraction of sp³-hybridized carbons (Fsp3) is 0.467. The van der Waals surface area contributed by atoms with Gasteiger partial charge >= 0.3 is 18.2 Å². The van der Waals surface area contributed by atoms with Crippen molar-refractivity contribution in [3.8, 4) is 6.07 Å². The molecule has 0 unspecified atom stereocenters. The van der Waals surface area contributed by atoms with Crippen LogP contribution in [0.25, 0.3) is 0 Å². The maximum absolute atomic E-state index is 12.9. The van der Waals surface area contributed by atoms with E-state index in [4.69, 9.17) is 4.74 Å². The molecule has 25 heavy (non-hydrogen) atoms. The van der Waals surface area contributed by atoms with Crippen molar-refractivity contribution in [2.75, 3.05) is 14.2 Å². The van der Waals surface area contributed by atoms with Crippen molar-refractivity contribution < 1.29 is 28.6 Å². The third-order valence-electron chi connectivity index (χ3n) is 2.81. The van der Waals surface area contributed by atoms with Crippen LogP contribution in [0.5, 0.6) is 0 Å². The minimum absolute atomic E-state index is 0.158. The lowest BCUT2D eigenvalue weighted by Crippen LogP contribution is -2.62. The van der Waals surface area contributed by atoms with Gasteiger partial charge in [-0.15, -0.1) is 11.3 Å². The molecule has 1 aromatic heterocycles. The number of nitrogens with one attached hydrogen (secondary N) is 1. The summed E-state index contributed by atoms with van der Waals surface area (Å²) in [5.41, 5.74) is -1.18. The first kappa shape index (κ1) is 20.2. The molecule has 0 aliphatic rings. The van der Waals surface area contributed by atoms with Crippen LogP contribution in [0.15, 0.2) is 17.5 Å². The van der Waals surface area contributed by atoms with Gasteiger partial charge in [0.1, 0.15) is 11.7 Å². The number of carbonyl (C=O) groups excluding carboxylic acids is 3. The number of carbonyl (C=O) groups is 3. The molecule has 0 radical (unpaired) electrons. The number of methoxy groups -OCH3 is 2. The first-order chi connectivity index (χ1) is 11.6. The Hall–Kier alpha value is -2.80. The van der Waals surface area contributed by atoms with Gasteiger partial charge in [-0.25, -0.2) is 19.8 Å². The summed E-state index contributed by atoms with van der Waals surface area (Å²) < 4.78 is 14.4. The molecular formula is C15H19N3O6S. The molecule has 2 amide bonds. The Balaban J connectivity index is 3.56. The largest absolute Gasteiger partial charge is 0.457 e. The Bertz CT molecular complexity index is 676. The van der Waals surface area contributed by atoms with Crippen molar-refractivity contribution in [3.63, 3.8) is 0 Å². The van der Waals surface area contributed by atoms with Gasteiger partial charge in [-0.1, -0.05) is 6.07 Å². The van der Waals surface area contributed by atoms with E-state index in [1.165, 1.54) is 6.07 Å². The van der Waals surface area contributed by atoms with Gasteiger partial charge in [-0.05, 0) is 32.2 Å². The fourth-order valence-electron chi connectivity index (χ4n) is 1.78. The van der Waals surface area contributed by atoms with Gasteiger partial charge in [-0.2, -0.15) is 10.3 Å². The molecule has 0 fully saturated rings. The topological polar surface area (TPSA) is 118 Å². The third kappa shape index (κ3) is 4.39. The van der Waals surface area contributed by atoms with Crippen molar-refractivity contribution in [3.05, 3.63) is 22.4 Å². The molecule has 0 saturated carbocycles. The van der Waals surface area contributed by atoms with Crippen LogP contribution in [0.3, 0.4) is 0 Å². The number of amides is 2. The van der Waals surface area contributed by atoms with Gasteiger partial charge < -0.3 is 14.2 Å². The fourth-order valence-corrected chi connectivity index (χ4v) is 2.64. The molecule has 0 aliphatic carbocycles. The van der Waals surface area contributed by atoms with E-state index >= 15 is 0 Å². The summed E-state index contributed by atoms with van der Waals surface area (Å²) in [4.78, 5) is 36.9. The minimum Gasteiger partial charge on any atom is -0.457 e. The molecular weight excluding hydrogens is 350 g/mol. The van der Waals surface area contributed by atoms with Crippen LogP contribution < -0.4 is 5.43 Å². The van der Waals surface area contributed by atoms with E-state index in [9.17, 15) is 19.6 Å². The van der Waals surface area contributed by atoms with Crippen LogP contribution in [0.2, 0.25) is 0 Å². The Kier molecular flexibility index (Phi) is 6.36. The molecule has 1 rings (SSSR count). The highest BCUT2D eigenvalue weighted by Crippen LogP contribution is 2.34. The molecule has 10 heteroatoms. The highest BCUT2D eigenvalue weighted by molar-refractivity contribution is 7.10. The molecule has 9 nitrogen and oxygen atoms in total. The van der Waals surface area contributed by atoms with Gasteiger partial charge in [0.25, 0.3) is 5.54 Å². The lowest BCUT2D eigenvalue weighted by atomic mass is 9.98. The second-order valence-corrected chi connectivity index (χ2v) is 6.66. The normalized spacial score (nSPS) is 13.0. The van der Waals surface area contributed by atoms with Gasteiger partial charge in [0.05, 0.1) is 19.1 Å². The molecule has 1 aromatic rings. The molecule has 1 N–H and O–H groups in total. The van der Waals surface area contributed by atoms with Crippen LogP contribution in [0, 0.1) is 11.3 Å². The lowest BCUT2D eigenvalue weighted by Gasteiger charge is -2.35. The summed E-state index contributed by atoms with van der Waals surface area (Å²) in [6.45, 7) is 4.83. The van der Waals surface area contributed by atoms with Gasteiger partial charge in [0, 0.05) is 0 Å². The van der Waals surface area contributed by atoms with Crippen molar-refractivity contribution in [1.29, 1.82) is 5.26 Å². The van der Waals surface area contributed by atoms with Crippen molar-refractivity contribution in [2.45, 2.75) is 31.9 Å². The summed E-state index contributed by atoms with van der Waals surface area (Å²) in [6, 6.07) is 4.83. The number of esters is 1. The monoisotopic (exact) mass is 369 g/mol. The molecule has 1 atom stereocenters. The summed E-state index contributed by atoms with van der Waals surface area (Å²) in [7, 11) is 2.11. The summed E-state index contributed by atoms with van der Waals surface area (Å²) >= 11 is 1.03. The predicted molar refractivity (Wildman–Crippen MR) is 87.2 cm³/mol. The maximum atomic E-state index is 12.9. The molecule has 0 bridgehead atoms. The van der Waals surface area contributed by atoms with Crippen molar-refractivity contribution in [2.24, 2.45) is 0 Å². The zero-order valence-corrected chi connectivity index (χ0v) is 15.3. The summed E-state index contributed by atoms with van der Waals surface area (Å²) in [5, 5.41) is 11.9. The third-order valence-corrected chi connectivity index (χ3v) is 3.79. The molecule has 0 aliphatic heterocycles. The van der Waals surface area contributed by atoms with Gasteiger partial charge in [0.2, 0.25) is 0 Å². The Labute approximate surface area is 149 Å². The molecule has 0 saturated heterocycles. The molecule has 1 heterocycles. The van der Waals surface area contributed by atoms with E-state index in [-0.39, 0.29) is 4.88 Å². The van der Waals surface area contributed by atoms with Crippen molar-refractivity contribution in [1.82, 2.24) is 10.4 Å². The predicted octanol–water partition coefficient (Wildman–Crippen LogP) is 2.15. The Morgan fingerprint density at radius 2 is 1.88 bits per heavy atom. The van der Waals surface area contributed by atoms with E-state index in [1.54, 1.807) is 38.3 Å². The van der Waals surface area contributed by atoms with E-state index in [0.717, 1.165) is 25.6 Å². The van der Waals surface area contributed by atoms with Crippen LogP contribution in [-0.2, 0) is 24.5 Å². The number of nitriles is 1. The van der Waals surface area contributed by atoms with E-state index in [2.05, 4.69) is 9.47 Å². The number of ether oxygens (including phenoxy) is 3. The Morgan fingerprint density at radius 1 is 1.24 bits per heavy atom. The maximum Gasteiger partial charge on any atom is 0.430 e. The average Bonchev–Trinajstić information content (AvgIpc) is 3.07. The van der Waals surface area contributed by atoms with Crippen LogP contribution in [0.4, 0.5) is 9.59 Å². The number of hydrogen-bond donors (Lipinski definition) is 1. The number of rotatable bonds is 3.